The van der Waals surface area contributed by atoms with E-state index in [1.54, 1.807) is 18.3 Å². The number of rotatable bonds is 3. The third-order valence-electron chi connectivity index (χ3n) is 3.75. The molecule has 1 aromatic heterocycles. The average molecular weight is 248 g/mol. The standard InChI is InChI=1S/C13H20N4O/c14-10-13(7-3-1-2-4-8-13)12(18)16-11-6-5-9-15-17-11/h5-6,9H,1-4,7-8,10,14H2,(H,16,17,18). The van der Waals surface area contributed by atoms with Crippen molar-refractivity contribution in [2.24, 2.45) is 11.1 Å². The van der Waals surface area contributed by atoms with Crippen molar-refractivity contribution in [2.75, 3.05) is 11.9 Å². The van der Waals surface area contributed by atoms with Crippen LogP contribution in [0.2, 0.25) is 0 Å². The monoisotopic (exact) mass is 248 g/mol. The van der Waals surface area contributed by atoms with Gasteiger partial charge in [0, 0.05) is 12.7 Å². The molecule has 0 aromatic carbocycles. The summed E-state index contributed by atoms with van der Waals surface area (Å²) in [7, 11) is 0. The molecule has 0 atom stereocenters. The summed E-state index contributed by atoms with van der Waals surface area (Å²) in [6, 6.07) is 3.50. The Balaban J connectivity index is 2.09. The van der Waals surface area contributed by atoms with Crippen LogP contribution >= 0.6 is 0 Å². The zero-order valence-electron chi connectivity index (χ0n) is 10.6. The van der Waals surface area contributed by atoms with Crippen LogP contribution < -0.4 is 11.1 Å². The molecule has 5 nitrogen and oxygen atoms in total. The topological polar surface area (TPSA) is 80.9 Å². The molecule has 1 fully saturated rings. The third kappa shape index (κ3) is 2.85. The van der Waals surface area contributed by atoms with E-state index < -0.39 is 5.41 Å². The maximum atomic E-state index is 12.4. The van der Waals surface area contributed by atoms with Crippen molar-refractivity contribution in [3.8, 4) is 0 Å². The minimum Gasteiger partial charge on any atom is -0.329 e. The van der Waals surface area contributed by atoms with E-state index in [2.05, 4.69) is 15.5 Å². The predicted molar refractivity (Wildman–Crippen MR) is 69.9 cm³/mol. The van der Waals surface area contributed by atoms with Gasteiger partial charge < -0.3 is 11.1 Å². The highest BCUT2D eigenvalue weighted by Crippen LogP contribution is 2.35. The number of aromatic nitrogens is 2. The Hall–Kier alpha value is -1.49. The summed E-state index contributed by atoms with van der Waals surface area (Å²) in [6.07, 6.45) is 7.86. The van der Waals surface area contributed by atoms with Crippen LogP contribution in [0.5, 0.6) is 0 Å². The number of nitrogens with zero attached hydrogens (tertiary/aromatic N) is 2. The number of nitrogens with two attached hydrogens (primary N) is 1. The Labute approximate surface area is 107 Å². The molecule has 0 spiro atoms. The average Bonchev–Trinajstić information content (AvgIpc) is 2.66. The summed E-state index contributed by atoms with van der Waals surface area (Å²) in [6.45, 7) is 0.402. The quantitative estimate of drug-likeness (QED) is 0.798. The molecule has 1 aromatic rings. The van der Waals surface area contributed by atoms with E-state index in [1.165, 1.54) is 12.8 Å². The highest BCUT2D eigenvalue weighted by molar-refractivity contribution is 5.94. The zero-order valence-corrected chi connectivity index (χ0v) is 10.6. The smallest absolute Gasteiger partial charge is 0.233 e. The molecule has 5 heteroatoms. The number of carbonyl (C=O) groups is 1. The maximum Gasteiger partial charge on any atom is 0.233 e. The number of hydrogen-bond donors (Lipinski definition) is 2. The Morgan fingerprint density at radius 1 is 1.33 bits per heavy atom. The highest BCUT2D eigenvalue weighted by Gasteiger charge is 2.37. The lowest BCUT2D eigenvalue weighted by atomic mass is 9.79. The minimum absolute atomic E-state index is 0.00704. The van der Waals surface area contributed by atoms with Gasteiger partial charge in [0.1, 0.15) is 0 Å². The molecular weight excluding hydrogens is 228 g/mol. The molecule has 1 amide bonds. The van der Waals surface area contributed by atoms with Crippen LogP contribution in [0.15, 0.2) is 18.3 Å². The molecular formula is C13H20N4O. The molecule has 1 heterocycles. The number of hydrogen-bond acceptors (Lipinski definition) is 4. The van der Waals surface area contributed by atoms with Gasteiger partial charge in [0.05, 0.1) is 5.41 Å². The summed E-state index contributed by atoms with van der Waals surface area (Å²) in [5.74, 6) is 0.493. The van der Waals surface area contributed by atoms with Gasteiger partial charge in [-0.1, -0.05) is 25.7 Å². The number of carbonyl (C=O) groups excluding carboxylic acids is 1. The number of nitrogens with one attached hydrogen (secondary N) is 1. The SMILES string of the molecule is NCC1(C(=O)Nc2cccnn2)CCCCCC1. The number of anilines is 1. The van der Waals surface area contributed by atoms with Crippen molar-refractivity contribution in [2.45, 2.75) is 38.5 Å². The molecule has 0 aliphatic heterocycles. The molecule has 98 valence electrons. The van der Waals surface area contributed by atoms with Crippen LogP contribution in [0.3, 0.4) is 0 Å². The molecule has 1 aliphatic rings. The van der Waals surface area contributed by atoms with Crippen LogP contribution in [-0.4, -0.2) is 22.6 Å². The summed E-state index contributed by atoms with van der Waals surface area (Å²) < 4.78 is 0. The maximum absolute atomic E-state index is 12.4. The zero-order chi connectivity index (χ0) is 12.8. The third-order valence-corrected chi connectivity index (χ3v) is 3.75. The van der Waals surface area contributed by atoms with Crippen molar-refractivity contribution in [1.29, 1.82) is 0 Å². The van der Waals surface area contributed by atoms with Crippen LogP contribution in [0.25, 0.3) is 0 Å². The summed E-state index contributed by atoms with van der Waals surface area (Å²) in [4.78, 5) is 12.4. The lowest BCUT2D eigenvalue weighted by molar-refractivity contribution is -0.125. The van der Waals surface area contributed by atoms with Crippen molar-refractivity contribution >= 4 is 11.7 Å². The lowest BCUT2D eigenvalue weighted by Gasteiger charge is -2.29. The van der Waals surface area contributed by atoms with E-state index in [0.717, 1.165) is 25.7 Å². The van der Waals surface area contributed by atoms with Crippen molar-refractivity contribution < 1.29 is 4.79 Å². The Morgan fingerprint density at radius 2 is 2.06 bits per heavy atom. The fraction of sp³-hybridized carbons (Fsp3) is 0.615. The van der Waals surface area contributed by atoms with E-state index in [0.29, 0.717) is 12.4 Å². The van der Waals surface area contributed by atoms with E-state index in [4.69, 9.17) is 5.73 Å². The molecule has 1 aliphatic carbocycles. The predicted octanol–water partition coefficient (Wildman–Crippen LogP) is 1.71. The van der Waals surface area contributed by atoms with Gasteiger partial charge in [0.15, 0.2) is 5.82 Å². The van der Waals surface area contributed by atoms with Gasteiger partial charge in [-0.3, -0.25) is 4.79 Å². The summed E-state index contributed by atoms with van der Waals surface area (Å²) in [5, 5.41) is 10.5. The molecule has 3 N–H and O–H groups in total. The van der Waals surface area contributed by atoms with Gasteiger partial charge in [-0.05, 0) is 25.0 Å². The first-order valence-electron chi connectivity index (χ1n) is 6.56. The Bertz CT molecular complexity index is 385. The van der Waals surface area contributed by atoms with Gasteiger partial charge in [-0.2, -0.15) is 5.10 Å². The van der Waals surface area contributed by atoms with Gasteiger partial charge in [0.25, 0.3) is 0 Å². The van der Waals surface area contributed by atoms with Crippen LogP contribution in [0.1, 0.15) is 38.5 Å². The minimum atomic E-state index is -0.423. The van der Waals surface area contributed by atoms with Crippen molar-refractivity contribution in [1.82, 2.24) is 10.2 Å². The summed E-state index contributed by atoms with van der Waals surface area (Å²) >= 11 is 0. The second-order valence-electron chi connectivity index (χ2n) is 4.96. The number of amides is 1. The van der Waals surface area contributed by atoms with E-state index in [9.17, 15) is 4.79 Å². The lowest BCUT2D eigenvalue weighted by Crippen LogP contribution is -2.42. The van der Waals surface area contributed by atoms with Crippen LogP contribution in [0.4, 0.5) is 5.82 Å². The first kappa shape index (κ1) is 13.0. The van der Waals surface area contributed by atoms with Gasteiger partial charge >= 0.3 is 0 Å². The molecule has 1 saturated carbocycles. The van der Waals surface area contributed by atoms with Gasteiger partial charge in [-0.25, -0.2) is 0 Å². The second kappa shape index (κ2) is 5.91. The fourth-order valence-electron chi connectivity index (χ4n) is 2.55. The van der Waals surface area contributed by atoms with Crippen LogP contribution in [0, 0.1) is 5.41 Å². The van der Waals surface area contributed by atoms with Crippen LogP contribution in [-0.2, 0) is 4.79 Å². The first-order valence-corrected chi connectivity index (χ1v) is 6.56. The Kier molecular flexibility index (Phi) is 4.25. The van der Waals surface area contributed by atoms with Crippen molar-refractivity contribution in [3.05, 3.63) is 18.3 Å². The fourth-order valence-corrected chi connectivity index (χ4v) is 2.55. The van der Waals surface area contributed by atoms with E-state index in [1.807, 2.05) is 0 Å². The second-order valence-corrected chi connectivity index (χ2v) is 4.96. The molecule has 2 rings (SSSR count). The van der Waals surface area contributed by atoms with E-state index in [-0.39, 0.29) is 5.91 Å². The summed E-state index contributed by atoms with van der Waals surface area (Å²) in [5.41, 5.74) is 5.44. The molecule has 0 saturated heterocycles. The Morgan fingerprint density at radius 3 is 2.61 bits per heavy atom. The molecule has 0 bridgehead atoms. The molecule has 0 unspecified atom stereocenters. The first-order chi connectivity index (χ1) is 8.77. The van der Waals surface area contributed by atoms with Gasteiger partial charge in [0.2, 0.25) is 5.91 Å². The molecule has 18 heavy (non-hydrogen) atoms. The normalized spacial score (nSPS) is 18.9. The van der Waals surface area contributed by atoms with Gasteiger partial charge in [-0.15, -0.1) is 5.10 Å². The largest absolute Gasteiger partial charge is 0.329 e. The van der Waals surface area contributed by atoms with Crippen molar-refractivity contribution in [3.63, 3.8) is 0 Å². The highest BCUT2D eigenvalue weighted by atomic mass is 16.2. The molecule has 0 radical (unpaired) electrons. The van der Waals surface area contributed by atoms with E-state index >= 15 is 0 Å².